The van der Waals surface area contributed by atoms with E-state index in [9.17, 15) is 22.4 Å². The minimum absolute atomic E-state index is 0.116. The molecule has 7 nitrogen and oxygen atoms in total. The van der Waals surface area contributed by atoms with E-state index in [1.807, 2.05) is 44.2 Å². The van der Waals surface area contributed by atoms with Gasteiger partial charge < -0.3 is 10.2 Å². The molecular weight excluding hydrogens is 576 g/mol. The van der Waals surface area contributed by atoms with Gasteiger partial charge in [-0.05, 0) is 48.7 Å². The third kappa shape index (κ3) is 8.43. The van der Waals surface area contributed by atoms with Gasteiger partial charge in [0, 0.05) is 29.1 Å². The van der Waals surface area contributed by atoms with Crippen LogP contribution in [-0.2, 0) is 32.6 Å². The molecule has 0 heterocycles. The van der Waals surface area contributed by atoms with Crippen LogP contribution in [0.3, 0.4) is 0 Å². The van der Waals surface area contributed by atoms with E-state index in [1.54, 1.807) is 12.1 Å². The highest BCUT2D eigenvalue weighted by Gasteiger charge is 2.34. The Balaban J connectivity index is 2.10. The summed E-state index contributed by atoms with van der Waals surface area (Å²) in [5.41, 5.74) is 1.03. The van der Waals surface area contributed by atoms with Gasteiger partial charge in [-0.3, -0.25) is 13.9 Å². The smallest absolute Gasteiger partial charge is 0.244 e. The number of carbonyl (C=O) groups is 2. The second-order valence-corrected chi connectivity index (χ2v) is 12.3. The average molecular weight is 609 g/mol. The number of sulfonamides is 1. The Bertz CT molecular complexity index is 1440. The molecule has 2 amide bonds. The van der Waals surface area contributed by atoms with Crippen molar-refractivity contribution in [1.82, 2.24) is 10.2 Å². The lowest BCUT2D eigenvalue weighted by atomic mass is 10.0. The number of para-hydroxylation sites is 1. The molecule has 0 aromatic heterocycles. The molecule has 3 aromatic rings. The fourth-order valence-electron chi connectivity index (χ4n) is 4.08. The average Bonchev–Trinajstić information content (AvgIpc) is 2.90. The lowest BCUT2D eigenvalue weighted by molar-refractivity contribution is -0.140. The monoisotopic (exact) mass is 607 g/mol. The number of nitrogens with zero attached hydrogens (tertiary/aromatic N) is 2. The first-order valence-electron chi connectivity index (χ1n) is 12.7. The van der Waals surface area contributed by atoms with Crippen molar-refractivity contribution >= 4 is 50.7 Å². The summed E-state index contributed by atoms with van der Waals surface area (Å²) < 4.78 is 40.9. The molecule has 40 heavy (non-hydrogen) atoms. The molecule has 0 fully saturated rings. The fraction of sp³-hybridized carbons (Fsp3) is 0.310. The number of nitrogens with one attached hydrogen (secondary N) is 1. The SMILES string of the molecule is CC[C@H](C)NC(=O)[C@H](Cc1ccccc1)N(Cc1ccc(Cl)cc1Cl)C(=O)CN(c1ccccc1F)S(C)(=O)=O. The van der Waals surface area contributed by atoms with Gasteiger partial charge in [0.25, 0.3) is 0 Å². The highest BCUT2D eigenvalue weighted by molar-refractivity contribution is 7.92. The van der Waals surface area contributed by atoms with Crippen molar-refractivity contribution in [2.45, 2.75) is 45.3 Å². The number of hydrogen-bond donors (Lipinski definition) is 1. The van der Waals surface area contributed by atoms with Crippen molar-refractivity contribution < 1.29 is 22.4 Å². The number of benzene rings is 3. The van der Waals surface area contributed by atoms with Crippen LogP contribution in [0.25, 0.3) is 0 Å². The largest absolute Gasteiger partial charge is 0.352 e. The summed E-state index contributed by atoms with van der Waals surface area (Å²) in [5.74, 6) is -1.92. The van der Waals surface area contributed by atoms with Crippen molar-refractivity contribution in [3.63, 3.8) is 0 Å². The molecule has 0 aliphatic rings. The van der Waals surface area contributed by atoms with Crippen LogP contribution >= 0.6 is 23.2 Å². The summed E-state index contributed by atoms with van der Waals surface area (Å²) in [6.45, 7) is 2.93. The molecule has 0 saturated carbocycles. The number of amides is 2. The zero-order valence-electron chi connectivity index (χ0n) is 22.5. The third-order valence-electron chi connectivity index (χ3n) is 6.43. The van der Waals surface area contributed by atoms with Gasteiger partial charge in [-0.2, -0.15) is 0 Å². The molecule has 0 saturated heterocycles. The molecule has 0 aliphatic heterocycles. The van der Waals surface area contributed by atoms with E-state index in [1.165, 1.54) is 29.2 Å². The summed E-state index contributed by atoms with van der Waals surface area (Å²) in [7, 11) is -4.08. The number of rotatable bonds is 12. The van der Waals surface area contributed by atoms with Gasteiger partial charge in [-0.15, -0.1) is 0 Å². The van der Waals surface area contributed by atoms with Gasteiger partial charge in [0.2, 0.25) is 21.8 Å². The van der Waals surface area contributed by atoms with E-state index >= 15 is 0 Å². The van der Waals surface area contributed by atoms with Crippen LogP contribution in [0.4, 0.5) is 10.1 Å². The van der Waals surface area contributed by atoms with Crippen molar-refractivity contribution in [1.29, 1.82) is 0 Å². The van der Waals surface area contributed by atoms with E-state index in [2.05, 4.69) is 5.32 Å². The maximum Gasteiger partial charge on any atom is 0.244 e. The first-order valence-corrected chi connectivity index (χ1v) is 15.3. The summed E-state index contributed by atoms with van der Waals surface area (Å²) >= 11 is 12.5. The Morgan fingerprint density at radius 2 is 1.65 bits per heavy atom. The Morgan fingerprint density at radius 1 is 1.00 bits per heavy atom. The molecule has 2 atom stereocenters. The first-order chi connectivity index (χ1) is 18.9. The predicted octanol–water partition coefficient (Wildman–Crippen LogP) is 5.45. The number of hydrogen-bond acceptors (Lipinski definition) is 4. The summed E-state index contributed by atoms with van der Waals surface area (Å²) in [6, 6.07) is 18.0. The molecule has 0 unspecified atom stereocenters. The van der Waals surface area contributed by atoms with Gasteiger partial charge in [-0.25, -0.2) is 12.8 Å². The van der Waals surface area contributed by atoms with E-state index in [-0.39, 0.29) is 29.7 Å². The van der Waals surface area contributed by atoms with Gasteiger partial charge in [0.15, 0.2) is 0 Å². The van der Waals surface area contributed by atoms with Crippen molar-refractivity contribution in [3.05, 3.63) is 99.8 Å². The van der Waals surface area contributed by atoms with Crippen molar-refractivity contribution in [2.24, 2.45) is 0 Å². The summed E-state index contributed by atoms with van der Waals surface area (Å²) in [6.07, 6.45) is 1.71. The van der Waals surface area contributed by atoms with E-state index in [4.69, 9.17) is 23.2 Å². The number of halogens is 3. The molecule has 3 rings (SSSR count). The molecule has 0 bridgehead atoms. The molecular formula is C29H32Cl2FN3O4S. The summed E-state index contributed by atoms with van der Waals surface area (Å²) in [5, 5.41) is 3.61. The molecule has 11 heteroatoms. The topological polar surface area (TPSA) is 86.8 Å². The standard InChI is InChI=1S/C29H32Cl2FN3O4S/c1-4-20(2)33-29(37)27(16-21-10-6-5-7-11-21)34(18-22-14-15-23(30)17-24(22)31)28(36)19-35(40(3,38)39)26-13-9-8-12-25(26)32/h5-15,17,20,27H,4,16,18-19H2,1-3H3,(H,33,37)/t20-,27-/m0/s1. The number of carbonyl (C=O) groups excluding carboxylic acids is 2. The first kappa shape index (κ1) is 31.4. The maximum absolute atomic E-state index is 14.7. The highest BCUT2D eigenvalue weighted by atomic mass is 35.5. The quantitative estimate of drug-likeness (QED) is 0.296. The highest BCUT2D eigenvalue weighted by Crippen LogP contribution is 2.26. The molecule has 0 radical (unpaired) electrons. The lowest BCUT2D eigenvalue weighted by Gasteiger charge is -2.34. The normalized spacial score (nSPS) is 12.8. The van der Waals surface area contributed by atoms with E-state index < -0.39 is 40.2 Å². The van der Waals surface area contributed by atoms with Crippen LogP contribution in [0.5, 0.6) is 0 Å². The van der Waals surface area contributed by atoms with Gasteiger partial charge >= 0.3 is 0 Å². The molecule has 1 N–H and O–H groups in total. The van der Waals surface area contributed by atoms with Crippen molar-refractivity contribution in [3.8, 4) is 0 Å². The Kier molecular flexibility index (Phi) is 11.0. The fourth-order valence-corrected chi connectivity index (χ4v) is 5.40. The second kappa shape index (κ2) is 14.0. The van der Waals surface area contributed by atoms with Crippen LogP contribution in [-0.4, -0.2) is 50.0 Å². The zero-order chi connectivity index (χ0) is 29.4. The van der Waals surface area contributed by atoms with Gasteiger partial charge in [-0.1, -0.05) is 78.7 Å². The Morgan fingerprint density at radius 3 is 2.25 bits per heavy atom. The van der Waals surface area contributed by atoms with Gasteiger partial charge in [0.1, 0.15) is 18.4 Å². The van der Waals surface area contributed by atoms with E-state index in [0.717, 1.165) is 17.9 Å². The Hall–Kier alpha value is -3.14. The van der Waals surface area contributed by atoms with Crippen LogP contribution in [0.2, 0.25) is 10.0 Å². The van der Waals surface area contributed by atoms with Crippen LogP contribution in [0.1, 0.15) is 31.4 Å². The van der Waals surface area contributed by atoms with Crippen LogP contribution in [0.15, 0.2) is 72.8 Å². The molecule has 0 aliphatic carbocycles. The van der Waals surface area contributed by atoms with Crippen LogP contribution < -0.4 is 9.62 Å². The lowest BCUT2D eigenvalue weighted by Crippen LogP contribution is -2.54. The maximum atomic E-state index is 14.7. The minimum atomic E-state index is -4.08. The van der Waals surface area contributed by atoms with Crippen LogP contribution in [0, 0.1) is 5.82 Å². The molecule has 3 aromatic carbocycles. The molecule has 214 valence electrons. The summed E-state index contributed by atoms with van der Waals surface area (Å²) in [4.78, 5) is 28.9. The minimum Gasteiger partial charge on any atom is -0.352 e. The number of anilines is 1. The third-order valence-corrected chi connectivity index (χ3v) is 8.14. The van der Waals surface area contributed by atoms with Crippen molar-refractivity contribution in [2.75, 3.05) is 17.1 Å². The van der Waals surface area contributed by atoms with Gasteiger partial charge in [0.05, 0.1) is 11.9 Å². The predicted molar refractivity (Wildman–Crippen MR) is 157 cm³/mol. The molecule has 0 spiro atoms. The van der Waals surface area contributed by atoms with E-state index in [0.29, 0.717) is 21.3 Å². The Labute approximate surface area is 244 Å². The second-order valence-electron chi connectivity index (χ2n) is 9.50. The zero-order valence-corrected chi connectivity index (χ0v) is 24.8.